The van der Waals surface area contributed by atoms with Gasteiger partial charge < -0.3 is 5.32 Å². The van der Waals surface area contributed by atoms with Crippen LogP contribution in [0, 0.1) is 6.92 Å². The molecule has 0 bridgehead atoms. The highest BCUT2D eigenvalue weighted by Gasteiger charge is 2.28. The van der Waals surface area contributed by atoms with Gasteiger partial charge in [0.1, 0.15) is 0 Å². The molecule has 5 nitrogen and oxygen atoms in total. The largest absolute Gasteiger partial charge is 0.326 e. The van der Waals surface area contributed by atoms with Crippen LogP contribution >= 0.6 is 11.8 Å². The predicted molar refractivity (Wildman–Crippen MR) is 113 cm³/mol. The Morgan fingerprint density at radius 3 is 2.63 bits per heavy atom. The minimum atomic E-state index is -3.15. The number of rotatable bonds is 7. The van der Waals surface area contributed by atoms with Crippen LogP contribution in [0.15, 0.2) is 18.2 Å². The summed E-state index contributed by atoms with van der Waals surface area (Å²) in [4.78, 5) is 14.8. The van der Waals surface area contributed by atoms with Gasteiger partial charge in [-0.05, 0) is 37.0 Å². The number of hydrogen-bond donors (Lipinski definition) is 1. The smallest absolute Gasteiger partial charge is 0.225 e. The maximum atomic E-state index is 12.3. The van der Waals surface area contributed by atoms with E-state index in [2.05, 4.69) is 16.3 Å². The van der Waals surface area contributed by atoms with Crippen LogP contribution < -0.4 is 5.32 Å². The molecule has 7 heteroatoms. The quantitative estimate of drug-likeness (QED) is 0.748. The average Bonchev–Trinajstić information content (AvgIpc) is 3.20. The SMILES string of the molecule is Cc1c(CN2CCSCC2)cccc1NC(=O)CCS(=O)(=O)C1CCCC1. The minimum absolute atomic E-state index is 0.0336. The number of nitrogens with one attached hydrogen (secondary N) is 1. The molecule has 2 aliphatic rings. The molecule has 3 rings (SSSR count). The van der Waals surface area contributed by atoms with E-state index in [0.29, 0.717) is 0 Å². The zero-order chi connectivity index (χ0) is 19.3. The Morgan fingerprint density at radius 1 is 1.22 bits per heavy atom. The Balaban J connectivity index is 1.56. The highest BCUT2D eigenvalue weighted by molar-refractivity contribution is 7.99. The molecule has 1 aliphatic heterocycles. The molecular weight excluding hydrogens is 380 g/mol. The predicted octanol–water partition coefficient (Wildman–Crippen LogP) is 3.23. The van der Waals surface area contributed by atoms with Gasteiger partial charge in [-0.1, -0.05) is 25.0 Å². The highest BCUT2D eigenvalue weighted by Crippen LogP contribution is 2.26. The van der Waals surface area contributed by atoms with Gasteiger partial charge in [-0.25, -0.2) is 8.42 Å². The van der Waals surface area contributed by atoms with E-state index in [9.17, 15) is 13.2 Å². The van der Waals surface area contributed by atoms with Crippen molar-refractivity contribution in [2.45, 2.75) is 50.8 Å². The summed E-state index contributed by atoms with van der Waals surface area (Å²) in [5.41, 5.74) is 3.09. The zero-order valence-corrected chi connectivity index (χ0v) is 17.7. The molecule has 1 aromatic carbocycles. The number of thioether (sulfide) groups is 1. The van der Waals surface area contributed by atoms with Crippen LogP contribution in [0.5, 0.6) is 0 Å². The van der Waals surface area contributed by atoms with Gasteiger partial charge in [-0.15, -0.1) is 0 Å². The second-order valence-corrected chi connectivity index (χ2v) is 11.2. The number of sulfone groups is 1. The molecule has 2 fully saturated rings. The van der Waals surface area contributed by atoms with Gasteiger partial charge in [-0.3, -0.25) is 9.69 Å². The second-order valence-electron chi connectivity index (χ2n) is 7.55. The first-order valence-corrected chi connectivity index (χ1v) is 12.7. The van der Waals surface area contributed by atoms with Crippen molar-refractivity contribution in [1.29, 1.82) is 0 Å². The van der Waals surface area contributed by atoms with Crippen molar-refractivity contribution in [1.82, 2.24) is 4.90 Å². The normalized spacial score (nSPS) is 19.3. The molecule has 0 radical (unpaired) electrons. The Bertz CT molecular complexity index is 752. The maximum Gasteiger partial charge on any atom is 0.225 e. The first kappa shape index (κ1) is 20.7. The third-order valence-electron chi connectivity index (χ3n) is 5.64. The Kier molecular flexibility index (Phi) is 7.22. The van der Waals surface area contributed by atoms with E-state index in [1.54, 1.807) is 0 Å². The van der Waals surface area contributed by atoms with Crippen molar-refractivity contribution < 1.29 is 13.2 Å². The average molecular weight is 411 g/mol. The van der Waals surface area contributed by atoms with Gasteiger partial charge >= 0.3 is 0 Å². The van der Waals surface area contributed by atoms with Crippen LogP contribution in [-0.2, 0) is 21.2 Å². The van der Waals surface area contributed by atoms with Crippen molar-refractivity contribution in [2.75, 3.05) is 35.7 Å². The maximum absolute atomic E-state index is 12.3. The Morgan fingerprint density at radius 2 is 1.93 bits per heavy atom. The van der Waals surface area contributed by atoms with E-state index in [4.69, 9.17) is 0 Å². The number of carbonyl (C=O) groups excluding carboxylic acids is 1. The van der Waals surface area contributed by atoms with Gasteiger partial charge in [0.05, 0.1) is 11.0 Å². The van der Waals surface area contributed by atoms with Gasteiger partial charge in [0.25, 0.3) is 0 Å². The molecule has 1 saturated carbocycles. The number of amides is 1. The lowest BCUT2D eigenvalue weighted by atomic mass is 10.1. The lowest BCUT2D eigenvalue weighted by molar-refractivity contribution is -0.115. The summed E-state index contributed by atoms with van der Waals surface area (Å²) in [5.74, 6) is 2.08. The fourth-order valence-electron chi connectivity index (χ4n) is 3.85. The molecule has 150 valence electrons. The van der Waals surface area contributed by atoms with Crippen LogP contribution in [0.3, 0.4) is 0 Å². The van der Waals surface area contributed by atoms with Crippen molar-refractivity contribution in [3.05, 3.63) is 29.3 Å². The summed E-state index contributed by atoms with van der Waals surface area (Å²) in [6, 6.07) is 5.97. The monoisotopic (exact) mass is 410 g/mol. The summed E-state index contributed by atoms with van der Waals surface area (Å²) >= 11 is 1.99. The summed E-state index contributed by atoms with van der Waals surface area (Å²) in [6.45, 7) is 5.12. The van der Waals surface area contributed by atoms with E-state index in [-0.39, 0.29) is 23.3 Å². The minimum Gasteiger partial charge on any atom is -0.326 e. The van der Waals surface area contributed by atoms with Crippen LogP contribution in [0.1, 0.15) is 43.2 Å². The lowest BCUT2D eigenvalue weighted by Gasteiger charge is -2.27. The zero-order valence-electron chi connectivity index (χ0n) is 16.1. The number of carbonyl (C=O) groups is 1. The van der Waals surface area contributed by atoms with Gasteiger partial charge in [-0.2, -0.15) is 11.8 Å². The molecule has 0 aromatic heterocycles. The van der Waals surface area contributed by atoms with E-state index >= 15 is 0 Å². The number of benzene rings is 1. The molecule has 1 heterocycles. The second kappa shape index (κ2) is 9.43. The van der Waals surface area contributed by atoms with Crippen molar-refractivity contribution >= 4 is 33.2 Å². The molecule has 0 unspecified atom stereocenters. The van der Waals surface area contributed by atoms with E-state index in [0.717, 1.165) is 56.6 Å². The molecule has 1 aromatic rings. The molecule has 1 aliphatic carbocycles. The Hall–Kier alpha value is -1.05. The highest BCUT2D eigenvalue weighted by atomic mass is 32.2. The number of anilines is 1. The molecule has 1 N–H and O–H groups in total. The van der Waals surface area contributed by atoms with E-state index < -0.39 is 9.84 Å². The molecular formula is C20H30N2O3S2. The van der Waals surface area contributed by atoms with Crippen molar-refractivity contribution in [3.8, 4) is 0 Å². The lowest BCUT2D eigenvalue weighted by Crippen LogP contribution is -2.32. The van der Waals surface area contributed by atoms with Crippen molar-refractivity contribution in [3.63, 3.8) is 0 Å². The molecule has 27 heavy (non-hydrogen) atoms. The molecule has 0 atom stereocenters. The Labute approximate surface area is 167 Å². The first-order chi connectivity index (χ1) is 13.0. The van der Waals surface area contributed by atoms with Crippen LogP contribution in [0.4, 0.5) is 5.69 Å². The topological polar surface area (TPSA) is 66.5 Å². The van der Waals surface area contributed by atoms with Crippen molar-refractivity contribution in [2.24, 2.45) is 0 Å². The summed E-state index contributed by atoms with van der Waals surface area (Å²) < 4.78 is 24.7. The van der Waals surface area contributed by atoms with Gasteiger partial charge in [0.15, 0.2) is 9.84 Å². The molecule has 1 saturated heterocycles. The molecule has 0 spiro atoms. The number of hydrogen-bond acceptors (Lipinski definition) is 5. The van der Waals surface area contributed by atoms with E-state index in [1.807, 2.05) is 30.8 Å². The van der Waals surface area contributed by atoms with E-state index in [1.165, 1.54) is 17.1 Å². The standard InChI is InChI=1S/C20H30N2O3S2/c1-16-17(15-22-10-12-26-13-11-22)5-4-8-19(16)21-20(23)9-14-27(24,25)18-6-2-3-7-18/h4-5,8,18H,2-3,6-7,9-15H2,1H3,(H,21,23). The van der Waals surface area contributed by atoms with Gasteiger partial charge in [0, 0.05) is 43.2 Å². The van der Waals surface area contributed by atoms with Gasteiger partial charge in [0.2, 0.25) is 5.91 Å². The fraction of sp³-hybridized carbons (Fsp3) is 0.650. The molecule has 1 amide bonds. The third-order valence-corrected chi connectivity index (χ3v) is 8.84. The number of nitrogens with zero attached hydrogens (tertiary/aromatic N) is 1. The fourth-order valence-corrected chi connectivity index (χ4v) is 6.69. The first-order valence-electron chi connectivity index (χ1n) is 9.86. The summed E-state index contributed by atoms with van der Waals surface area (Å²) in [6.07, 6.45) is 3.50. The van der Waals surface area contributed by atoms with Crippen LogP contribution in [-0.4, -0.2) is 54.8 Å². The summed E-state index contributed by atoms with van der Waals surface area (Å²) in [7, 11) is -3.15. The van der Waals surface area contributed by atoms with Crippen LogP contribution in [0.2, 0.25) is 0 Å². The van der Waals surface area contributed by atoms with Crippen LogP contribution in [0.25, 0.3) is 0 Å². The summed E-state index contributed by atoms with van der Waals surface area (Å²) in [5, 5.41) is 2.69. The third kappa shape index (κ3) is 5.72.